The van der Waals surface area contributed by atoms with Gasteiger partial charge in [-0.25, -0.2) is 4.79 Å². The van der Waals surface area contributed by atoms with Gasteiger partial charge in [-0.15, -0.1) is 0 Å². The van der Waals surface area contributed by atoms with Crippen molar-refractivity contribution in [3.63, 3.8) is 0 Å². The van der Waals surface area contributed by atoms with E-state index in [0.717, 1.165) is 13.0 Å². The number of aryl methyl sites for hydroxylation is 1. The van der Waals surface area contributed by atoms with Crippen LogP contribution >= 0.6 is 0 Å². The fourth-order valence-electron chi connectivity index (χ4n) is 1.41. The van der Waals surface area contributed by atoms with Crippen LogP contribution in [0, 0.1) is 6.92 Å². The summed E-state index contributed by atoms with van der Waals surface area (Å²) in [6, 6.07) is 1.57. The van der Waals surface area contributed by atoms with Gasteiger partial charge in [-0.2, -0.15) is 0 Å². The van der Waals surface area contributed by atoms with Crippen LogP contribution in [0.1, 0.15) is 35.2 Å². The van der Waals surface area contributed by atoms with Gasteiger partial charge in [-0.05, 0) is 32.9 Å². The zero-order valence-electron chi connectivity index (χ0n) is 9.62. The molecule has 16 heavy (non-hydrogen) atoms. The first kappa shape index (κ1) is 12.5. The molecule has 0 atom stereocenters. The summed E-state index contributed by atoms with van der Waals surface area (Å²) in [5.74, 6) is 0.176. The average molecular weight is 223 g/mol. The summed E-state index contributed by atoms with van der Waals surface area (Å²) in [7, 11) is 0. The van der Waals surface area contributed by atoms with E-state index in [9.17, 15) is 4.79 Å². The zero-order valence-corrected chi connectivity index (χ0v) is 9.62. The topological polar surface area (TPSA) is 62.5 Å². The first-order valence-electron chi connectivity index (χ1n) is 5.29. The largest absolute Gasteiger partial charge is 0.478 e. The molecular weight excluding hydrogens is 206 g/mol. The van der Waals surface area contributed by atoms with Crippen LogP contribution < -0.4 is 5.32 Å². The molecule has 1 aromatic heterocycles. The summed E-state index contributed by atoms with van der Waals surface area (Å²) in [6.45, 7) is 5.06. The highest BCUT2D eigenvalue weighted by Gasteiger charge is 2.12. The smallest absolute Gasteiger partial charge is 0.339 e. The van der Waals surface area contributed by atoms with E-state index in [1.807, 2.05) is 13.0 Å². The summed E-state index contributed by atoms with van der Waals surface area (Å²) in [5, 5.41) is 12.0. The van der Waals surface area contributed by atoms with Gasteiger partial charge in [0.25, 0.3) is 0 Å². The van der Waals surface area contributed by atoms with E-state index in [2.05, 4.69) is 11.4 Å². The minimum Gasteiger partial charge on any atom is -0.478 e. The highest BCUT2D eigenvalue weighted by atomic mass is 16.4. The number of carbonyl (C=O) groups is 1. The van der Waals surface area contributed by atoms with Crippen molar-refractivity contribution in [1.82, 2.24) is 5.32 Å². The maximum atomic E-state index is 10.8. The van der Waals surface area contributed by atoms with Gasteiger partial charge in [0, 0.05) is 0 Å². The van der Waals surface area contributed by atoms with Crippen molar-refractivity contribution < 1.29 is 14.3 Å². The Bertz CT molecular complexity index is 380. The normalized spacial score (nSPS) is 11.1. The predicted octanol–water partition coefficient (Wildman–Crippen LogP) is 2.34. The average Bonchev–Trinajstić information content (AvgIpc) is 2.59. The number of aromatic carboxylic acids is 1. The monoisotopic (exact) mass is 223 g/mol. The Kier molecular flexibility index (Phi) is 4.79. The summed E-state index contributed by atoms with van der Waals surface area (Å²) in [5.41, 5.74) is 0.241. The van der Waals surface area contributed by atoms with E-state index in [1.165, 1.54) is 0 Å². The maximum Gasteiger partial charge on any atom is 0.339 e. The first-order valence-corrected chi connectivity index (χ1v) is 5.29. The molecule has 4 nitrogen and oxygen atoms in total. The second-order valence-corrected chi connectivity index (χ2v) is 3.52. The number of rotatable bonds is 6. The molecule has 0 radical (unpaired) electrons. The van der Waals surface area contributed by atoms with Crippen LogP contribution in [0.5, 0.6) is 0 Å². The fraction of sp³-hybridized carbons (Fsp3) is 0.417. The molecule has 0 aliphatic rings. The minimum atomic E-state index is -0.943. The number of nitrogens with one attached hydrogen (secondary N) is 1. The molecule has 0 amide bonds. The Labute approximate surface area is 95.0 Å². The lowest BCUT2D eigenvalue weighted by Crippen LogP contribution is -2.13. The number of hydrogen-bond acceptors (Lipinski definition) is 3. The lowest BCUT2D eigenvalue weighted by Gasteiger charge is -1.98. The van der Waals surface area contributed by atoms with E-state index in [0.29, 0.717) is 18.1 Å². The van der Waals surface area contributed by atoms with Gasteiger partial charge in [0.05, 0.1) is 6.54 Å². The van der Waals surface area contributed by atoms with Gasteiger partial charge >= 0.3 is 5.97 Å². The van der Waals surface area contributed by atoms with Gasteiger partial charge in [-0.1, -0.05) is 12.2 Å². The summed E-state index contributed by atoms with van der Waals surface area (Å²) in [6.07, 6.45) is 5.03. The van der Waals surface area contributed by atoms with Gasteiger partial charge in [0.15, 0.2) is 0 Å². The van der Waals surface area contributed by atoms with Gasteiger partial charge < -0.3 is 14.8 Å². The van der Waals surface area contributed by atoms with Crippen molar-refractivity contribution in [2.75, 3.05) is 6.54 Å². The van der Waals surface area contributed by atoms with E-state index in [4.69, 9.17) is 9.52 Å². The molecule has 0 aliphatic heterocycles. The molecule has 0 aromatic carbocycles. The molecule has 0 unspecified atom stereocenters. The third-order valence-corrected chi connectivity index (χ3v) is 2.22. The van der Waals surface area contributed by atoms with Crippen molar-refractivity contribution in [3.8, 4) is 0 Å². The van der Waals surface area contributed by atoms with Crippen molar-refractivity contribution in [2.24, 2.45) is 0 Å². The van der Waals surface area contributed by atoms with Crippen LogP contribution in [0.4, 0.5) is 0 Å². The maximum absolute atomic E-state index is 10.8. The second-order valence-electron chi connectivity index (χ2n) is 3.52. The van der Waals surface area contributed by atoms with E-state index < -0.39 is 5.97 Å². The molecule has 88 valence electrons. The molecular formula is C12H17NO3. The molecule has 0 bridgehead atoms. The number of furan rings is 1. The van der Waals surface area contributed by atoms with Crippen LogP contribution in [0.25, 0.3) is 0 Å². The van der Waals surface area contributed by atoms with Gasteiger partial charge in [0.1, 0.15) is 17.1 Å². The third kappa shape index (κ3) is 3.55. The molecule has 2 N–H and O–H groups in total. The lowest BCUT2D eigenvalue weighted by atomic mass is 10.2. The highest BCUT2D eigenvalue weighted by Crippen LogP contribution is 2.14. The van der Waals surface area contributed by atoms with Crippen molar-refractivity contribution >= 4 is 5.97 Å². The molecule has 0 aliphatic carbocycles. The predicted molar refractivity (Wildman–Crippen MR) is 61.5 cm³/mol. The Morgan fingerprint density at radius 1 is 1.62 bits per heavy atom. The van der Waals surface area contributed by atoms with Crippen LogP contribution in [0.2, 0.25) is 0 Å². The van der Waals surface area contributed by atoms with Crippen LogP contribution in [-0.2, 0) is 6.54 Å². The van der Waals surface area contributed by atoms with E-state index >= 15 is 0 Å². The molecule has 1 aromatic rings. The first-order chi connectivity index (χ1) is 7.65. The molecule has 0 saturated carbocycles. The van der Waals surface area contributed by atoms with Crippen LogP contribution in [-0.4, -0.2) is 17.6 Å². The van der Waals surface area contributed by atoms with E-state index in [-0.39, 0.29) is 5.56 Å². The van der Waals surface area contributed by atoms with Crippen molar-refractivity contribution in [2.45, 2.75) is 26.8 Å². The summed E-state index contributed by atoms with van der Waals surface area (Å²) < 4.78 is 5.32. The van der Waals surface area contributed by atoms with E-state index in [1.54, 1.807) is 13.0 Å². The SMILES string of the molecule is C/C=C/CCNCc1cc(C(=O)O)c(C)o1. The fourth-order valence-corrected chi connectivity index (χ4v) is 1.41. The molecule has 1 heterocycles. The second kappa shape index (κ2) is 6.12. The quantitative estimate of drug-likeness (QED) is 0.574. The Morgan fingerprint density at radius 2 is 2.38 bits per heavy atom. The van der Waals surface area contributed by atoms with Gasteiger partial charge in [-0.3, -0.25) is 0 Å². The summed E-state index contributed by atoms with van der Waals surface area (Å²) in [4.78, 5) is 10.8. The Hall–Kier alpha value is -1.55. The van der Waals surface area contributed by atoms with Crippen LogP contribution in [0.15, 0.2) is 22.6 Å². The molecule has 0 fully saturated rings. The minimum absolute atomic E-state index is 0.241. The summed E-state index contributed by atoms with van der Waals surface area (Å²) >= 11 is 0. The third-order valence-electron chi connectivity index (χ3n) is 2.22. The number of allylic oxidation sites excluding steroid dienone is 1. The number of hydrogen-bond donors (Lipinski definition) is 2. The molecule has 4 heteroatoms. The lowest BCUT2D eigenvalue weighted by molar-refractivity contribution is 0.0695. The number of carboxylic acids is 1. The van der Waals surface area contributed by atoms with Crippen molar-refractivity contribution in [1.29, 1.82) is 0 Å². The zero-order chi connectivity index (χ0) is 12.0. The molecule has 0 spiro atoms. The Balaban J connectivity index is 2.43. The Morgan fingerprint density at radius 3 is 2.94 bits per heavy atom. The molecule has 0 saturated heterocycles. The van der Waals surface area contributed by atoms with Crippen LogP contribution in [0.3, 0.4) is 0 Å². The van der Waals surface area contributed by atoms with Crippen molar-refractivity contribution in [3.05, 3.63) is 35.3 Å². The standard InChI is InChI=1S/C12H17NO3/c1-3-4-5-6-13-8-10-7-11(12(14)15)9(2)16-10/h3-4,7,13H,5-6,8H2,1-2H3,(H,14,15)/b4-3+. The number of carboxylic acid groups (broad SMARTS) is 1. The highest BCUT2D eigenvalue weighted by molar-refractivity contribution is 5.88. The van der Waals surface area contributed by atoms with Gasteiger partial charge in [0.2, 0.25) is 0 Å². The molecule has 1 rings (SSSR count).